The summed E-state index contributed by atoms with van der Waals surface area (Å²) in [6.45, 7) is 0. The number of nitrogens with one attached hydrogen (secondary N) is 1. The predicted molar refractivity (Wildman–Crippen MR) is 72.7 cm³/mol. The van der Waals surface area contributed by atoms with Gasteiger partial charge in [-0.1, -0.05) is 0 Å². The van der Waals surface area contributed by atoms with Crippen molar-refractivity contribution >= 4 is 15.5 Å². The lowest BCUT2D eigenvalue weighted by Gasteiger charge is -2.07. The van der Waals surface area contributed by atoms with Gasteiger partial charge in [0.1, 0.15) is 5.75 Å². The standard InChI is InChI=1S/C13H14N2O3S/c1-18-11-4-8-13(9-5-11)19(16,17)12-6-2-10(15-14)3-7-12/h2-9,15H,14H2,1H3. The zero-order valence-electron chi connectivity index (χ0n) is 10.3. The van der Waals surface area contributed by atoms with Crippen molar-refractivity contribution in [2.75, 3.05) is 12.5 Å². The largest absolute Gasteiger partial charge is 0.497 e. The van der Waals surface area contributed by atoms with E-state index in [-0.39, 0.29) is 9.79 Å². The fraction of sp³-hybridized carbons (Fsp3) is 0.0769. The van der Waals surface area contributed by atoms with Gasteiger partial charge in [-0.05, 0) is 48.5 Å². The smallest absolute Gasteiger partial charge is 0.206 e. The van der Waals surface area contributed by atoms with Crippen LogP contribution in [0.3, 0.4) is 0 Å². The molecular weight excluding hydrogens is 264 g/mol. The van der Waals surface area contributed by atoms with Gasteiger partial charge in [-0.25, -0.2) is 8.42 Å². The quantitative estimate of drug-likeness (QED) is 0.658. The van der Waals surface area contributed by atoms with Gasteiger partial charge in [0.25, 0.3) is 0 Å². The molecule has 0 aliphatic carbocycles. The summed E-state index contributed by atoms with van der Waals surface area (Å²) in [6.07, 6.45) is 0. The van der Waals surface area contributed by atoms with Crippen LogP contribution in [-0.2, 0) is 9.84 Å². The number of nitrogens with two attached hydrogens (primary N) is 1. The molecule has 0 aromatic heterocycles. The molecule has 0 radical (unpaired) electrons. The number of methoxy groups -OCH3 is 1. The van der Waals surface area contributed by atoms with Gasteiger partial charge in [0, 0.05) is 5.69 Å². The summed E-state index contributed by atoms with van der Waals surface area (Å²) in [6, 6.07) is 12.5. The van der Waals surface area contributed by atoms with Gasteiger partial charge in [-0.15, -0.1) is 0 Å². The molecule has 0 saturated heterocycles. The second-order valence-corrected chi connectivity index (χ2v) is 5.80. The number of ether oxygens (including phenoxy) is 1. The molecule has 0 spiro atoms. The highest BCUT2D eigenvalue weighted by atomic mass is 32.2. The zero-order valence-corrected chi connectivity index (χ0v) is 11.1. The molecule has 0 amide bonds. The number of hydrogen-bond donors (Lipinski definition) is 2. The van der Waals surface area contributed by atoms with Gasteiger partial charge in [-0.3, -0.25) is 5.84 Å². The third-order valence-corrected chi connectivity index (χ3v) is 4.49. The number of sulfone groups is 1. The second kappa shape index (κ2) is 5.29. The first-order valence-corrected chi connectivity index (χ1v) is 7.02. The molecule has 0 unspecified atom stereocenters. The number of benzene rings is 2. The van der Waals surface area contributed by atoms with Crippen LogP contribution in [0, 0.1) is 0 Å². The van der Waals surface area contributed by atoms with Gasteiger partial charge >= 0.3 is 0 Å². The van der Waals surface area contributed by atoms with Crippen molar-refractivity contribution in [2.45, 2.75) is 9.79 Å². The molecule has 3 N–H and O–H groups in total. The maximum absolute atomic E-state index is 12.3. The van der Waals surface area contributed by atoms with Gasteiger partial charge < -0.3 is 10.2 Å². The molecule has 6 heteroatoms. The Morgan fingerprint density at radius 3 is 1.84 bits per heavy atom. The van der Waals surface area contributed by atoms with E-state index in [2.05, 4.69) is 5.43 Å². The minimum Gasteiger partial charge on any atom is -0.497 e. The average molecular weight is 278 g/mol. The molecule has 0 saturated carbocycles. The van der Waals surface area contributed by atoms with Gasteiger partial charge in [0.15, 0.2) is 0 Å². The van der Waals surface area contributed by atoms with Crippen LogP contribution in [0.5, 0.6) is 5.75 Å². The molecule has 2 aromatic rings. The molecule has 100 valence electrons. The van der Waals surface area contributed by atoms with Crippen molar-refractivity contribution in [3.63, 3.8) is 0 Å². The summed E-state index contributed by atoms with van der Waals surface area (Å²) in [4.78, 5) is 0.443. The Labute approximate surface area is 111 Å². The molecule has 5 nitrogen and oxygen atoms in total. The number of anilines is 1. The molecule has 0 heterocycles. The maximum atomic E-state index is 12.3. The van der Waals surface area contributed by atoms with Crippen molar-refractivity contribution in [2.24, 2.45) is 5.84 Å². The van der Waals surface area contributed by atoms with Crippen LogP contribution in [0.15, 0.2) is 58.3 Å². The molecule has 0 aliphatic heterocycles. The maximum Gasteiger partial charge on any atom is 0.206 e. The predicted octanol–water partition coefficient (Wildman–Crippen LogP) is 1.81. The van der Waals surface area contributed by atoms with E-state index < -0.39 is 9.84 Å². The molecular formula is C13H14N2O3S. The number of nitrogen functional groups attached to an aromatic ring is 1. The topological polar surface area (TPSA) is 81.4 Å². The van der Waals surface area contributed by atoms with Crippen LogP contribution in [-0.4, -0.2) is 15.5 Å². The van der Waals surface area contributed by atoms with Crippen molar-refractivity contribution in [1.82, 2.24) is 0 Å². The lowest BCUT2D eigenvalue weighted by atomic mass is 10.3. The van der Waals surface area contributed by atoms with E-state index in [1.807, 2.05) is 0 Å². The minimum absolute atomic E-state index is 0.219. The first-order chi connectivity index (χ1) is 9.07. The van der Waals surface area contributed by atoms with Crippen LogP contribution in [0.2, 0.25) is 0 Å². The Morgan fingerprint density at radius 2 is 1.42 bits per heavy atom. The summed E-state index contributed by atoms with van der Waals surface area (Å²) in [5.41, 5.74) is 3.10. The van der Waals surface area contributed by atoms with E-state index in [1.165, 1.54) is 31.4 Å². The van der Waals surface area contributed by atoms with Gasteiger partial charge in [0.05, 0.1) is 16.9 Å². The highest BCUT2D eigenvalue weighted by Crippen LogP contribution is 2.23. The minimum atomic E-state index is -3.51. The fourth-order valence-electron chi connectivity index (χ4n) is 1.62. The van der Waals surface area contributed by atoms with Crippen molar-refractivity contribution in [1.29, 1.82) is 0 Å². The highest BCUT2D eigenvalue weighted by Gasteiger charge is 2.17. The van der Waals surface area contributed by atoms with Crippen LogP contribution in [0.4, 0.5) is 5.69 Å². The summed E-state index contributed by atoms with van der Waals surface area (Å²) < 4.78 is 29.7. The van der Waals surface area contributed by atoms with Crippen molar-refractivity contribution < 1.29 is 13.2 Å². The summed E-state index contributed by atoms with van der Waals surface area (Å²) in [5.74, 6) is 5.85. The number of hydrogen-bond acceptors (Lipinski definition) is 5. The Balaban J connectivity index is 2.39. The third-order valence-electron chi connectivity index (χ3n) is 2.70. The molecule has 2 aromatic carbocycles. The lowest BCUT2D eigenvalue weighted by Crippen LogP contribution is -2.07. The fourth-order valence-corrected chi connectivity index (χ4v) is 2.88. The van der Waals surface area contributed by atoms with Crippen LogP contribution in [0.1, 0.15) is 0 Å². The first-order valence-electron chi connectivity index (χ1n) is 5.54. The molecule has 0 fully saturated rings. The van der Waals surface area contributed by atoms with Crippen molar-refractivity contribution in [3.05, 3.63) is 48.5 Å². The lowest BCUT2D eigenvalue weighted by molar-refractivity contribution is 0.414. The SMILES string of the molecule is COc1ccc(S(=O)(=O)c2ccc(NN)cc2)cc1. The van der Waals surface area contributed by atoms with E-state index in [1.54, 1.807) is 24.3 Å². The van der Waals surface area contributed by atoms with E-state index >= 15 is 0 Å². The monoisotopic (exact) mass is 278 g/mol. The summed E-state index contributed by atoms with van der Waals surface area (Å²) in [7, 11) is -1.98. The average Bonchev–Trinajstić information content (AvgIpc) is 2.47. The van der Waals surface area contributed by atoms with E-state index in [9.17, 15) is 8.42 Å². The Bertz CT molecular complexity index is 596. The number of rotatable bonds is 4. The molecule has 0 atom stereocenters. The Morgan fingerprint density at radius 1 is 0.947 bits per heavy atom. The van der Waals surface area contributed by atoms with Crippen molar-refractivity contribution in [3.8, 4) is 5.75 Å². The van der Waals surface area contributed by atoms with Gasteiger partial charge in [-0.2, -0.15) is 0 Å². The molecule has 0 aliphatic rings. The Hall–Kier alpha value is -2.05. The molecule has 0 bridgehead atoms. The zero-order chi connectivity index (χ0) is 13.9. The summed E-state index contributed by atoms with van der Waals surface area (Å²) >= 11 is 0. The van der Waals surface area contributed by atoms with Crippen LogP contribution >= 0.6 is 0 Å². The van der Waals surface area contributed by atoms with Crippen LogP contribution < -0.4 is 16.0 Å². The Kier molecular flexibility index (Phi) is 3.73. The first kappa shape index (κ1) is 13.4. The van der Waals surface area contributed by atoms with E-state index in [4.69, 9.17) is 10.6 Å². The normalized spacial score (nSPS) is 11.1. The number of hydrazine groups is 1. The second-order valence-electron chi connectivity index (χ2n) is 3.85. The molecule has 2 rings (SSSR count). The van der Waals surface area contributed by atoms with E-state index in [0.717, 1.165) is 0 Å². The highest BCUT2D eigenvalue weighted by molar-refractivity contribution is 7.91. The summed E-state index contributed by atoms with van der Waals surface area (Å²) in [5, 5.41) is 0. The van der Waals surface area contributed by atoms with Gasteiger partial charge in [0.2, 0.25) is 9.84 Å². The molecule has 19 heavy (non-hydrogen) atoms. The van der Waals surface area contributed by atoms with Crippen LogP contribution in [0.25, 0.3) is 0 Å². The third kappa shape index (κ3) is 2.69. The van der Waals surface area contributed by atoms with E-state index in [0.29, 0.717) is 11.4 Å².